The molecular formula is C19H17Cl2NO4. The predicted octanol–water partition coefficient (Wildman–Crippen LogP) is 4.21. The Morgan fingerprint density at radius 1 is 1.15 bits per heavy atom. The minimum atomic E-state index is -0.393. The Hall–Kier alpha value is -2.24. The lowest BCUT2D eigenvalue weighted by atomic mass is 10.1. The summed E-state index contributed by atoms with van der Waals surface area (Å²) in [5.41, 5.74) is 1.19. The van der Waals surface area contributed by atoms with Crippen molar-refractivity contribution in [3.05, 3.63) is 58.1 Å². The fourth-order valence-corrected chi connectivity index (χ4v) is 3.11. The van der Waals surface area contributed by atoms with Gasteiger partial charge in [0.05, 0.1) is 29.3 Å². The lowest BCUT2D eigenvalue weighted by Gasteiger charge is -2.17. The third kappa shape index (κ3) is 4.11. The summed E-state index contributed by atoms with van der Waals surface area (Å²) in [7, 11) is 1.34. The summed E-state index contributed by atoms with van der Waals surface area (Å²) in [6, 6.07) is 11.8. The zero-order valence-corrected chi connectivity index (χ0v) is 15.6. The molecule has 0 aliphatic carbocycles. The highest BCUT2D eigenvalue weighted by Crippen LogP contribution is 2.31. The number of esters is 1. The van der Waals surface area contributed by atoms with Crippen molar-refractivity contribution in [2.75, 3.05) is 25.2 Å². The van der Waals surface area contributed by atoms with Gasteiger partial charge in [0.15, 0.2) is 0 Å². The van der Waals surface area contributed by atoms with E-state index in [4.69, 9.17) is 27.9 Å². The van der Waals surface area contributed by atoms with Crippen LogP contribution in [0.4, 0.5) is 5.69 Å². The summed E-state index contributed by atoms with van der Waals surface area (Å²) >= 11 is 12.0. The van der Waals surface area contributed by atoms with Crippen LogP contribution in [0.1, 0.15) is 16.8 Å². The van der Waals surface area contributed by atoms with E-state index in [1.54, 1.807) is 47.4 Å². The lowest BCUT2D eigenvalue weighted by Crippen LogP contribution is -2.25. The van der Waals surface area contributed by atoms with Crippen LogP contribution in [0.5, 0.6) is 5.75 Å². The summed E-state index contributed by atoms with van der Waals surface area (Å²) in [5.74, 6) is 0.337. The van der Waals surface area contributed by atoms with Crippen LogP contribution in [0.25, 0.3) is 0 Å². The highest BCUT2D eigenvalue weighted by molar-refractivity contribution is 6.42. The molecule has 0 bridgehead atoms. The van der Waals surface area contributed by atoms with Gasteiger partial charge in [0, 0.05) is 24.6 Å². The fraction of sp³-hybridized carbons (Fsp3) is 0.263. The predicted molar refractivity (Wildman–Crippen MR) is 100 cm³/mol. The number of rotatable bonds is 5. The molecule has 7 heteroatoms. The molecule has 3 rings (SSSR count). The SMILES string of the molecule is COC(=O)c1ccc(OCC2CC(=O)N(c3ccc(Cl)c(Cl)c3)C2)cc1. The van der Waals surface area contributed by atoms with Crippen molar-refractivity contribution in [2.24, 2.45) is 5.92 Å². The minimum Gasteiger partial charge on any atom is -0.493 e. The summed E-state index contributed by atoms with van der Waals surface area (Å²) < 4.78 is 10.4. The minimum absolute atomic E-state index is 0.0260. The highest BCUT2D eigenvalue weighted by Gasteiger charge is 2.31. The van der Waals surface area contributed by atoms with Crippen molar-refractivity contribution in [3.63, 3.8) is 0 Å². The van der Waals surface area contributed by atoms with E-state index < -0.39 is 5.97 Å². The van der Waals surface area contributed by atoms with Crippen LogP contribution in [0.3, 0.4) is 0 Å². The number of benzene rings is 2. The van der Waals surface area contributed by atoms with Crippen molar-refractivity contribution in [3.8, 4) is 5.75 Å². The zero-order chi connectivity index (χ0) is 18.7. The Morgan fingerprint density at radius 2 is 1.88 bits per heavy atom. The van der Waals surface area contributed by atoms with Gasteiger partial charge in [-0.05, 0) is 42.5 Å². The van der Waals surface area contributed by atoms with Crippen molar-refractivity contribution >= 4 is 40.8 Å². The molecule has 0 N–H and O–H groups in total. The summed E-state index contributed by atoms with van der Waals surface area (Å²) in [4.78, 5) is 25.4. The van der Waals surface area contributed by atoms with Crippen LogP contribution in [-0.2, 0) is 9.53 Å². The molecule has 0 radical (unpaired) electrons. The van der Waals surface area contributed by atoms with Crippen LogP contribution < -0.4 is 9.64 Å². The summed E-state index contributed by atoms with van der Waals surface area (Å²) in [5, 5.41) is 0.875. The normalized spacial score (nSPS) is 16.7. The second kappa shape index (κ2) is 7.98. The Labute approximate surface area is 161 Å². The number of halogens is 2. The first-order chi connectivity index (χ1) is 12.5. The molecule has 1 amide bonds. The summed E-state index contributed by atoms with van der Waals surface area (Å²) in [6.45, 7) is 0.957. The third-order valence-electron chi connectivity index (χ3n) is 4.18. The Bertz CT molecular complexity index is 823. The van der Waals surface area contributed by atoms with Crippen LogP contribution in [0.15, 0.2) is 42.5 Å². The molecule has 0 aromatic heterocycles. The maximum atomic E-state index is 12.3. The summed E-state index contributed by atoms with van der Waals surface area (Å²) in [6.07, 6.45) is 0.403. The molecule has 1 heterocycles. The Kier molecular flexibility index (Phi) is 5.69. The third-order valence-corrected chi connectivity index (χ3v) is 4.92. The second-order valence-corrected chi connectivity index (χ2v) is 6.81. The quantitative estimate of drug-likeness (QED) is 0.713. The van der Waals surface area contributed by atoms with Gasteiger partial charge in [-0.2, -0.15) is 0 Å². The van der Waals surface area contributed by atoms with E-state index in [1.807, 2.05) is 0 Å². The Morgan fingerprint density at radius 3 is 2.54 bits per heavy atom. The van der Waals surface area contributed by atoms with Gasteiger partial charge in [0.25, 0.3) is 0 Å². The Balaban J connectivity index is 1.59. The molecule has 1 unspecified atom stereocenters. The molecule has 1 saturated heterocycles. The topological polar surface area (TPSA) is 55.8 Å². The molecule has 1 fully saturated rings. The molecule has 1 aliphatic rings. The smallest absolute Gasteiger partial charge is 0.337 e. The van der Waals surface area contributed by atoms with Crippen molar-refractivity contribution in [1.29, 1.82) is 0 Å². The van der Waals surface area contributed by atoms with Crippen LogP contribution in [-0.4, -0.2) is 32.1 Å². The van der Waals surface area contributed by atoms with E-state index in [-0.39, 0.29) is 11.8 Å². The number of methoxy groups -OCH3 is 1. The average molecular weight is 394 g/mol. The van der Waals surface area contributed by atoms with Crippen LogP contribution in [0.2, 0.25) is 10.0 Å². The molecule has 0 spiro atoms. The zero-order valence-electron chi connectivity index (χ0n) is 14.1. The molecule has 2 aromatic carbocycles. The van der Waals surface area contributed by atoms with Gasteiger partial charge in [-0.3, -0.25) is 4.79 Å². The van der Waals surface area contributed by atoms with E-state index >= 15 is 0 Å². The largest absolute Gasteiger partial charge is 0.493 e. The van der Waals surface area contributed by atoms with E-state index in [9.17, 15) is 9.59 Å². The first-order valence-corrected chi connectivity index (χ1v) is 8.80. The van der Waals surface area contributed by atoms with Gasteiger partial charge in [-0.1, -0.05) is 23.2 Å². The van der Waals surface area contributed by atoms with E-state index in [2.05, 4.69) is 4.74 Å². The number of anilines is 1. The second-order valence-electron chi connectivity index (χ2n) is 6.00. The van der Waals surface area contributed by atoms with Gasteiger partial charge in [0.2, 0.25) is 5.91 Å². The van der Waals surface area contributed by atoms with Crippen molar-refractivity contribution < 1.29 is 19.1 Å². The van der Waals surface area contributed by atoms with Crippen molar-refractivity contribution in [1.82, 2.24) is 0 Å². The molecule has 5 nitrogen and oxygen atoms in total. The molecule has 0 saturated carbocycles. The monoisotopic (exact) mass is 393 g/mol. The first-order valence-electron chi connectivity index (χ1n) is 8.04. The molecule has 2 aromatic rings. The molecule has 136 valence electrons. The van der Waals surface area contributed by atoms with Gasteiger partial charge >= 0.3 is 5.97 Å². The van der Waals surface area contributed by atoms with Gasteiger partial charge in [0.1, 0.15) is 5.75 Å². The first kappa shape index (κ1) is 18.5. The van der Waals surface area contributed by atoms with Crippen LogP contribution in [0, 0.1) is 5.92 Å². The van der Waals surface area contributed by atoms with E-state index in [0.717, 1.165) is 5.69 Å². The molecule has 1 aliphatic heterocycles. The highest BCUT2D eigenvalue weighted by atomic mass is 35.5. The van der Waals surface area contributed by atoms with Gasteiger partial charge in [-0.25, -0.2) is 4.79 Å². The average Bonchev–Trinajstić information content (AvgIpc) is 3.03. The number of amides is 1. The fourth-order valence-electron chi connectivity index (χ4n) is 2.81. The molecule has 1 atom stereocenters. The number of carbonyl (C=O) groups excluding carboxylic acids is 2. The maximum absolute atomic E-state index is 12.3. The van der Waals surface area contributed by atoms with E-state index in [0.29, 0.717) is 40.9 Å². The number of nitrogens with zero attached hydrogens (tertiary/aromatic N) is 1. The lowest BCUT2D eigenvalue weighted by molar-refractivity contribution is -0.117. The van der Waals surface area contributed by atoms with Crippen molar-refractivity contribution in [2.45, 2.75) is 6.42 Å². The van der Waals surface area contributed by atoms with Crippen LogP contribution >= 0.6 is 23.2 Å². The molecular weight excluding hydrogens is 377 g/mol. The number of hydrogen-bond acceptors (Lipinski definition) is 4. The number of hydrogen-bond donors (Lipinski definition) is 0. The standard InChI is InChI=1S/C19H17Cl2NO4/c1-25-19(24)13-2-5-15(6-3-13)26-11-12-8-18(23)22(10-12)14-4-7-16(20)17(21)9-14/h2-7,9,12H,8,10-11H2,1H3. The number of carbonyl (C=O) groups is 2. The maximum Gasteiger partial charge on any atom is 0.337 e. The molecule has 26 heavy (non-hydrogen) atoms. The number of ether oxygens (including phenoxy) is 2. The van der Waals surface area contributed by atoms with Gasteiger partial charge < -0.3 is 14.4 Å². The van der Waals surface area contributed by atoms with Gasteiger partial charge in [-0.15, -0.1) is 0 Å². The van der Waals surface area contributed by atoms with E-state index in [1.165, 1.54) is 7.11 Å².